The Kier molecular flexibility index (Phi) is 5.54. The molecule has 3 N–H and O–H groups in total. The number of carbonyl (C=O) groups is 4. The summed E-state index contributed by atoms with van der Waals surface area (Å²) in [5.41, 5.74) is 0. The van der Waals surface area contributed by atoms with Gasteiger partial charge in [-0.25, -0.2) is 0 Å². The summed E-state index contributed by atoms with van der Waals surface area (Å²) < 4.78 is 0. The van der Waals surface area contributed by atoms with Crippen molar-refractivity contribution < 1.29 is 29.4 Å². The molecule has 2 amide bonds. The Balaban J connectivity index is 1.61. The molecule has 0 spiro atoms. The number of rotatable bonds is 8. The average Bonchev–Trinajstić information content (AvgIpc) is 3.03. The standard InChI is InChI=1S/C14H21N3O6/c18-11-5-9(13(20)21)7-16(11)3-1-15-2-4-17-8-10(14(22)23)6-12(17)19/h9-10,15H,1-8H2,(H,20,21)(H,22,23). The number of carboxylic acids is 2. The van der Waals surface area contributed by atoms with Gasteiger partial charge in [-0.1, -0.05) is 0 Å². The normalized spacial score (nSPS) is 24.5. The lowest BCUT2D eigenvalue weighted by atomic mass is 10.1. The lowest BCUT2D eigenvalue weighted by Crippen LogP contribution is -2.38. The van der Waals surface area contributed by atoms with Crippen molar-refractivity contribution in [1.29, 1.82) is 0 Å². The number of amides is 2. The number of hydrogen-bond acceptors (Lipinski definition) is 5. The van der Waals surface area contributed by atoms with Crippen LogP contribution < -0.4 is 5.32 Å². The average molecular weight is 327 g/mol. The highest BCUT2D eigenvalue weighted by atomic mass is 16.4. The van der Waals surface area contributed by atoms with Gasteiger partial charge in [0.05, 0.1) is 11.8 Å². The Morgan fingerprint density at radius 3 is 1.61 bits per heavy atom. The predicted molar refractivity (Wildman–Crippen MR) is 77.5 cm³/mol. The number of carbonyl (C=O) groups excluding carboxylic acids is 2. The number of nitrogens with one attached hydrogen (secondary N) is 1. The van der Waals surface area contributed by atoms with Crippen LogP contribution in [0.1, 0.15) is 12.8 Å². The minimum absolute atomic E-state index is 0.0498. The summed E-state index contributed by atoms with van der Waals surface area (Å²) in [5, 5.41) is 20.9. The van der Waals surface area contributed by atoms with Crippen LogP contribution in [0, 0.1) is 11.8 Å². The number of carboxylic acid groups (broad SMARTS) is 2. The third kappa shape index (κ3) is 4.41. The Morgan fingerprint density at radius 2 is 1.30 bits per heavy atom. The molecule has 2 atom stereocenters. The minimum Gasteiger partial charge on any atom is -0.481 e. The summed E-state index contributed by atoms with van der Waals surface area (Å²) in [6.45, 7) is 2.33. The van der Waals surface area contributed by atoms with E-state index in [9.17, 15) is 19.2 Å². The first-order chi connectivity index (χ1) is 10.9. The van der Waals surface area contributed by atoms with Crippen molar-refractivity contribution in [3.63, 3.8) is 0 Å². The van der Waals surface area contributed by atoms with Gasteiger partial charge in [-0.15, -0.1) is 0 Å². The first kappa shape index (κ1) is 17.2. The molecular weight excluding hydrogens is 306 g/mol. The molecule has 0 saturated carbocycles. The molecule has 0 aliphatic carbocycles. The van der Waals surface area contributed by atoms with Crippen LogP contribution in [0.4, 0.5) is 0 Å². The maximum atomic E-state index is 11.6. The highest BCUT2D eigenvalue weighted by Crippen LogP contribution is 2.18. The van der Waals surface area contributed by atoms with Crippen molar-refractivity contribution in [3.8, 4) is 0 Å². The largest absolute Gasteiger partial charge is 0.481 e. The number of aliphatic carboxylic acids is 2. The highest BCUT2D eigenvalue weighted by molar-refractivity contribution is 5.86. The van der Waals surface area contributed by atoms with E-state index in [-0.39, 0.29) is 37.7 Å². The van der Waals surface area contributed by atoms with Crippen LogP contribution in [0.15, 0.2) is 0 Å². The Bertz CT molecular complexity index is 465. The van der Waals surface area contributed by atoms with E-state index in [1.165, 1.54) is 9.80 Å². The third-order valence-electron chi connectivity index (χ3n) is 4.24. The molecule has 2 heterocycles. The zero-order valence-electron chi connectivity index (χ0n) is 12.7. The van der Waals surface area contributed by atoms with E-state index >= 15 is 0 Å². The smallest absolute Gasteiger partial charge is 0.308 e. The zero-order chi connectivity index (χ0) is 17.0. The Labute approximate surface area is 133 Å². The summed E-state index contributed by atoms with van der Waals surface area (Å²) in [5.74, 6) is -3.46. The van der Waals surface area contributed by atoms with Gasteiger partial charge in [0.25, 0.3) is 0 Å². The minimum atomic E-state index is -0.950. The second-order valence-corrected chi connectivity index (χ2v) is 5.91. The van der Waals surface area contributed by atoms with Gasteiger partial charge in [0, 0.05) is 52.1 Å². The second-order valence-electron chi connectivity index (χ2n) is 5.91. The summed E-state index contributed by atoms with van der Waals surface area (Å²) >= 11 is 0. The van der Waals surface area contributed by atoms with Crippen LogP contribution in [-0.4, -0.2) is 83.0 Å². The molecule has 0 aromatic rings. The van der Waals surface area contributed by atoms with Gasteiger partial charge < -0.3 is 25.3 Å². The summed E-state index contributed by atoms with van der Waals surface area (Å²) in [4.78, 5) is 48.0. The zero-order valence-corrected chi connectivity index (χ0v) is 12.7. The molecule has 2 saturated heterocycles. The molecule has 9 heteroatoms. The van der Waals surface area contributed by atoms with Crippen molar-refractivity contribution in [2.24, 2.45) is 11.8 Å². The van der Waals surface area contributed by atoms with E-state index in [4.69, 9.17) is 10.2 Å². The van der Waals surface area contributed by atoms with Crippen LogP contribution >= 0.6 is 0 Å². The van der Waals surface area contributed by atoms with E-state index in [0.29, 0.717) is 26.2 Å². The van der Waals surface area contributed by atoms with Crippen molar-refractivity contribution >= 4 is 23.8 Å². The predicted octanol–water partition coefficient (Wildman–Crippen LogP) is -1.56. The fourth-order valence-electron chi connectivity index (χ4n) is 2.86. The SMILES string of the molecule is O=C(O)C1CC(=O)N(CCNCCN2CC(C(=O)O)CC2=O)C1. The van der Waals surface area contributed by atoms with Gasteiger partial charge in [-0.3, -0.25) is 19.2 Å². The maximum absolute atomic E-state index is 11.6. The topological polar surface area (TPSA) is 127 Å². The van der Waals surface area contributed by atoms with Crippen LogP contribution in [0.25, 0.3) is 0 Å². The summed E-state index contributed by atoms with van der Waals surface area (Å²) in [6, 6.07) is 0. The first-order valence-electron chi connectivity index (χ1n) is 7.60. The molecule has 9 nitrogen and oxygen atoms in total. The lowest BCUT2D eigenvalue weighted by Gasteiger charge is -2.18. The van der Waals surface area contributed by atoms with Crippen LogP contribution in [0.3, 0.4) is 0 Å². The molecular formula is C14H21N3O6. The maximum Gasteiger partial charge on any atom is 0.308 e. The summed E-state index contributed by atoms with van der Waals surface area (Å²) in [7, 11) is 0. The lowest BCUT2D eigenvalue weighted by molar-refractivity contribution is -0.142. The second kappa shape index (κ2) is 7.40. The fraction of sp³-hybridized carbons (Fsp3) is 0.714. The Hall–Kier alpha value is -2.16. The molecule has 2 unspecified atom stereocenters. The number of hydrogen-bond donors (Lipinski definition) is 3. The summed E-state index contributed by atoms with van der Waals surface area (Å²) in [6.07, 6.45) is 0.0996. The molecule has 2 aliphatic rings. The van der Waals surface area contributed by atoms with Gasteiger partial charge in [0.1, 0.15) is 0 Å². The van der Waals surface area contributed by atoms with Gasteiger partial charge in [-0.05, 0) is 0 Å². The molecule has 2 aliphatic heterocycles. The molecule has 2 fully saturated rings. The highest BCUT2D eigenvalue weighted by Gasteiger charge is 2.34. The molecule has 128 valence electrons. The molecule has 23 heavy (non-hydrogen) atoms. The van der Waals surface area contributed by atoms with E-state index in [2.05, 4.69) is 5.32 Å². The molecule has 0 aromatic carbocycles. The van der Waals surface area contributed by atoms with Gasteiger partial charge >= 0.3 is 11.9 Å². The molecule has 0 bridgehead atoms. The van der Waals surface area contributed by atoms with Crippen molar-refractivity contribution in [2.75, 3.05) is 39.3 Å². The van der Waals surface area contributed by atoms with Crippen LogP contribution in [0.5, 0.6) is 0 Å². The number of nitrogens with zero attached hydrogens (tertiary/aromatic N) is 2. The van der Waals surface area contributed by atoms with Crippen LogP contribution in [0.2, 0.25) is 0 Å². The van der Waals surface area contributed by atoms with Crippen molar-refractivity contribution in [1.82, 2.24) is 15.1 Å². The fourth-order valence-corrected chi connectivity index (χ4v) is 2.86. The van der Waals surface area contributed by atoms with Crippen molar-refractivity contribution in [2.45, 2.75) is 12.8 Å². The quantitative estimate of drug-likeness (QED) is 0.460. The molecule has 0 radical (unpaired) electrons. The third-order valence-corrected chi connectivity index (χ3v) is 4.24. The first-order valence-corrected chi connectivity index (χ1v) is 7.60. The van der Waals surface area contributed by atoms with E-state index in [1.54, 1.807) is 0 Å². The van der Waals surface area contributed by atoms with Crippen molar-refractivity contribution in [3.05, 3.63) is 0 Å². The molecule has 0 aromatic heterocycles. The monoisotopic (exact) mass is 327 g/mol. The van der Waals surface area contributed by atoms with E-state index in [1.807, 2.05) is 0 Å². The van der Waals surface area contributed by atoms with E-state index in [0.717, 1.165) is 0 Å². The number of likely N-dealkylation sites (tertiary alicyclic amines) is 2. The van der Waals surface area contributed by atoms with Crippen LogP contribution in [-0.2, 0) is 19.2 Å². The van der Waals surface area contributed by atoms with Gasteiger partial charge in [0.2, 0.25) is 11.8 Å². The van der Waals surface area contributed by atoms with E-state index < -0.39 is 23.8 Å². The van der Waals surface area contributed by atoms with Gasteiger partial charge in [0.15, 0.2) is 0 Å². The van der Waals surface area contributed by atoms with Gasteiger partial charge in [-0.2, -0.15) is 0 Å². The Morgan fingerprint density at radius 1 is 0.913 bits per heavy atom. The molecule has 2 rings (SSSR count).